The van der Waals surface area contributed by atoms with Gasteiger partial charge in [0, 0.05) is 10.9 Å². The summed E-state index contributed by atoms with van der Waals surface area (Å²) < 4.78 is 0. The van der Waals surface area contributed by atoms with Gasteiger partial charge in [-0.1, -0.05) is 0 Å². The number of carbonyl (C=O) groups is 2. The van der Waals surface area contributed by atoms with E-state index in [9.17, 15) is 14.7 Å². The fourth-order valence-electron chi connectivity index (χ4n) is 0.824. The maximum absolute atomic E-state index is 11.4. The summed E-state index contributed by atoms with van der Waals surface area (Å²) in [5, 5.41) is 23.6. The molecule has 0 fully saturated rings. The van der Waals surface area contributed by atoms with Gasteiger partial charge in [0.25, 0.3) is 5.91 Å². The van der Waals surface area contributed by atoms with Gasteiger partial charge in [-0.25, -0.2) is 4.79 Å². The van der Waals surface area contributed by atoms with Crippen molar-refractivity contribution in [3.63, 3.8) is 0 Å². The minimum atomic E-state index is -1.94. The normalized spacial score (nSPS) is 14.3. The molecule has 0 spiro atoms. The average molecular weight is 229 g/mol. The van der Waals surface area contributed by atoms with E-state index in [4.69, 9.17) is 5.11 Å². The third-order valence-corrected chi connectivity index (χ3v) is 2.52. The molecular weight excluding hydrogens is 218 g/mol. The Balaban J connectivity index is 2.51. The summed E-state index contributed by atoms with van der Waals surface area (Å²) in [6, 6.07) is 1.62. The molecule has 5 nitrogen and oxygen atoms in total. The standard InChI is InChI=1S/C9H11NO4S/c1-9(14,8(12)13)5-10-7(11)6-2-3-15-4-6/h2-4,14H,5H2,1H3,(H,10,11)(H,12,13). The van der Waals surface area contributed by atoms with Crippen molar-refractivity contribution < 1.29 is 19.8 Å². The summed E-state index contributed by atoms with van der Waals surface area (Å²) in [6.45, 7) is 0.806. The van der Waals surface area contributed by atoms with Gasteiger partial charge < -0.3 is 15.5 Å². The molecule has 3 N–H and O–H groups in total. The molecular formula is C9H11NO4S. The minimum absolute atomic E-state index is 0.322. The van der Waals surface area contributed by atoms with Gasteiger partial charge in [0.15, 0.2) is 5.60 Å². The smallest absolute Gasteiger partial charge is 0.337 e. The molecule has 1 rings (SSSR count). The molecule has 1 aromatic rings. The second-order valence-corrected chi connectivity index (χ2v) is 4.05. The lowest BCUT2D eigenvalue weighted by Crippen LogP contribution is -2.46. The van der Waals surface area contributed by atoms with Crippen LogP contribution >= 0.6 is 11.3 Å². The number of carbonyl (C=O) groups excluding carboxylic acids is 1. The number of rotatable bonds is 4. The summed E-state index contributed by atoms with van der Waals surface area (Å²) in [4.78, 5) is 21.9. The van der Waals surface area contributed by atoms with Crippen LogP contribution in [0.1, 0.15) is 17.3 Å². The largest absolute Gasteiger partial charge is 0.479 e. The second kappa shape index (κ2) is 4.41. The zero-order valence-electron chi connectivity index (χ0n) is 8.06. The number of nitrogens with one attached hydrogen (secondary N) is 1. The highest BCUT2D eigenvalue weighted by Crippen LogP contribution is 2.06. The first kappa shape index (κ1) is 11.7. The van der Waals surface area contributed by atoms with Crippen LogP contribution in [0.3, 0.4) is 0 Å². The molecule has 0 radical (unpaired) electrons. The molecule has 1 aromatic heterocycles. The first-order chi connectivity index (χ1) is 6.93. The van der Waals surface area contributed by atoms with Gasteiger partial charge >= 0.3 is 5.97 Å². The van der Waals surface area contributed by atoms with Gasteiger partial charge in [-0.15, -0.1) is 0 Å². The van der Waals surface area contributed by atoms with Gasteiger partial charge in [-0.3, -0.25) is 4.79 Å². The van der Waals surface area contributed by atoms with Crippen LogP contribution in [0.4, 0.5) is 0 Å². The van der Waals surface area contributed by atoms with E-state index in [1.54, 1.807) is 16.8 Å². The van der Waals surface area contributed by atoms with E-state index in [-0.39, 0.29) is 6.54 Å². The third-order valence-electron chi connectivity index (χ3n) is 1.84. The Morgan fingerprint density at radius 1 is 1.60 bits per heavy atom. The van der Waals surface area contributed by atoms with Gasteiger partial charge in [0.05, 0.1) is 6.54 Å². The Labute approximate surface area is 90.4 Å². The molecule has 0 aliphatic rings. The van der Waals surface area contributed by atoms with Gasteiger partial charge in [0.2, 0.25) is 0 Å². The molecule has 1 heterocycles. The van der Waals surface area contributed by atoms with Gasteiger partial charge in [-0.05, 0) is 18.4 Å². The monoisotopic (exact) mass is 229 g/mol. The lowest BCUT2D eigenvalue weighted by molar-refractivity contribution is -0.155. The highest BCUT2D eigenvalue weighted by atomic mass is 32.1. The van der Waals surface area contributed by atoms with Crippen molar-refractivity contribution in [1.82, 2.24) is 5.32 Å². The molecule has 0 aliphatic heterocycles. The van der Waals surface area contributed by atoms with Crippen LogP contribution in [0.5, 0.6) is 0 Å². The molecule has 0 saturated carbocycles. The van der Waals surface area contributed by atoms with Crippen LogP contribution in [-0.2, 0) is 4.79 Å². The molecule has 1 unspecified atom stereocenters. The number of hydrogen-bond donors (Lipinski definition) is 3. The molecule has 1 amide bonds. The molecule has 82 valence electrons. The predicted molar refractivity (Wildman–Crippen MR) is 54.9 cm³/mol. The first-order valence-corrected chi connectivity index (χ1v) is 5.14. The fraction of sp³-hybridized carbons (Fsp3) is 0.333. The highest BCUT2D eigenvalue weighted by molar-refractivity contribution is 7.08. The van der Waals surface area contributed by atoms with Crippen LogP contribution in [0.2, 0.25) is 0 Å². The van der Waals surface area contributed by atoms with Gasteiger partial charge in [-0.2, -0.15) is 11.3 Å². The lowest BCUT2D eigenvalue weighted by Gasteiger charge is -2.17. The maximum Gasteiger partial charge on any atom is 0.337 e. The molecule has 0 aliphatic carbocycles. The molecule has 6 heteroatoms. The number of aliphatic carboxylic acids is 1. The summed E-state index contributed by atoms with van der Waals surface area (Å²) >= 11 is 1.37. The van der Waals surface area contributed by atoms with Gasteiger partial charge in [0.1, 0.15) is 0 Å². The van der Waals surface area contributed by atoms with Crippen LogP contribution < -0.4 is 5.32 Å². The van der Waals surface area contributed by atoms with Crippen LogP contribution in [0.15, 0.2) is 16.8 Å². The summed E-state index contributed by atoms with van der Waals surface area (Å²) in [6.07, 6.45) is 0. The van der Waals surface area contributed by atoms with Crippen molar-refractivity contribution in [3.8, 4) is 0 Å². The molecule has 1 atom stereocenters. The summed E-state index contributed by atoms with van der Waals surface area (Å²) in [7, 11) is 0. The van der Waals surface area contributed by atoms with Crippen molar-refractivity contribution >= 4 is 23.2 Å². The molecule has 0 bridgehead atoms. The fourth-order valence-corrected chi connectivity index (χ4v) is 1.46. The van der Waals surface area contributed by atoms with Crippen LogP contribution in [-0.4, -0.2) is 34.2 Å². The van der Waals surface area contributed by atoms with Crippen molar-refractivity contribution in [2.75, 3.05) is 6.54 Å². The van der Waals surface area contributed by atoms with E-state index >= 15 is 0 Å². The Hall–Kier alpha value is -1.40. The predicted octanol–water partition coefficient (Wildman–Crippen LogP) is 0.314. The number of aliphatic hydroxyl groups is 1. The maximum atomic E-state index is 11.4. The Bertz CT molecular complexity index is 358. The number of thiophene rings is 1. The zero-order chi connectivity index (χ0) is 11.5. The van der Waals surface area contributed by atoms with E-state index in [0.29, 0.717) is 5.56 Å². The first-order valence-electron chi connectivity index (χ1n) is 4.19. The molecule has 15 heavy (non-hydrogen) atoms. The summed E-state index contributed by atoms with van der Waals surface area (Å²) in [5.74, 6) is -1.76. The molecule has 0 saturated heterocycles. The van der Waals surface area contributed by atoms with E-state index in [1.807, 2.05) is 0 Å². The van der Waals surface area contributed by atoms with Crippen molar-refractivity contribution in [2.24, 2.45) is 0 Å². The molecule has 0 aromatic carbocycles. The van der Waals surface area contributed by atoms with Crippen molar-refractivity contribution in [2.45, 2.75) is 12.5 Å². The summed E-state index contributed by atoms with van der Waals surface area (Å²) in [5.41, 5.74) is -1.48. The van der Waals surface area contributed by atoms with Crippen molar-refractivity contribution in [1.29, 1.82) is 0 Å². The highest BCUT2D eigenvalue weighted by Gasteiger charge is 2.30. The van der Waals surface area contributed by atoms with E-state index in [0.717, 1.165) is 6.92 Å². The van der Waals surface area contributed by atoms with E-state index in [1.165, 1.54) is 11.3 Å². The second-order valence-electron chi connectivity index (χ2n) is 3.27. The number of carboxylic acids is 1. The average Bonchev–Trinajstić information content (AvgIpc) is 2.66. The number of amides is 1. The Morgan fingerprint density at radius 2 is 2.27 bits per heavy atom. The Kier molecular flexibility index (Phi) is 3.43. The number of hydrogen-bond acceptors (Lipinski definition) is 4. The minimum Gasteiger partial charge on any atom is -0.479 e. The lowest BCUT2D eigenvalue weighted by atomic mass is 10.1. The van der Waals surface area contributed by atoms with Crippen molar-refractivity contribution in [3.05, 3.63) is 22.4 Å². The topological polar surface area (TPSA) is 86.6 Å². The van der Waals surface area contributed by atoms with Crippen LogP contribution in [0.25, 0.3) is 0 Å². The van der Waals surface area contributed by atoms with E-state index in [2.05, 4.69) is 5.32 Å². The van der Waals surface area contributed by atoms with E-state index < -0.39 is 17.5 Å². The quantitative estimate of drug-likeness (QED) is 0.693. The Morgan fingerprint density at radius 3 is 2.73 bits per heavy atom. The van der Waals surface area contributed by atoms with Crippen LogP contribution in [0, 0.1) is 0 Å². The third kappa shape index (κ3) is 3.03. The SMILES string of the molecule is CC(O)(CNC(=O)c1ccsc1)C(=O)O. The number of carboxylic acid groups (broad SMARTS) is 1. The zero-order valence-corrected chi connectivity index (χ0v) is 8.87.